The molecule has 0 saturated heterocycles. The van der Waals surface area contributed by atoms with Crippen molar-refractivity contribution in [3.05, 3.63) is 22.5 Å². The number of hydrogen-bond acceptors (Lipinski definition) is 2. The summed E-state index contributed by atoms with van der Waals surface area (Å²) in [6.45, 7) is 4.45. The van der Waals surface area contributed by atoms with Gasteiger partial charge in [-0.1, -0.05) is 13.8 Å². The van der Waals surface area contributed by atoms with E-state index in [-0.39, 0.29) is 5.41 Å². The highest BCUT2D eigenvalue weighted by atomic mass is 16.2. The number of carbonyl (C=O) groups is 1. The van der Waals surface area contributed by atoms with Gasteiger partial charge in [0.2, 0.25) is 0 Å². The van der Waals surface area contributed by atoms with Gasteiger partial charge in [0.1, 0.15) is 0 Å². The van der Waals surface area contributed by atoms with Gasteiger partial charge in [-0.25, -0.2) is 4.79 Å². The summed E-state index contributed by atoms with van der Waals surface area (Å²) in [6, 6.07) is -0.470. The van der Waals surface area contributed by atoms with Crippen molar-refractivity contribution < 1.29 is 4.79 Å². The number of carbonyl (C=O) groups excluding carboxylic acids is 1. The number of aryl methyl sites for hydroxylation is 1. The summed E-state index contributed by atoms with van der Waals surface area (Å²) >= 11 is 0. The molecule has 4 nitrogen and oxygen atoms in total. The Morgan fingerprint density at radius 2 is 2.06 bits per heavy atom. The molecule has 0 spiro atoms. The van der Waals surface area contributed by atoms with E-state index < -0.39 is 6.03 Å². The lowest BCUT2D eigenvalue weighted by Crippen LogP contribution is -2.22. The van der Waals surface area contributed by atoms with E-state index in [1.165, 1.54) is 11.1 Å². The summed E-state index contributed by atoms with van der Waals surface area (Å²) in [7, 11) is 0. The zero-order chi connectivity index (χ0) is 12.9. The molecule has 3 N–H and O–H groups in total. The van der Waals surface area contributed by atoms with Crippen LogP contribution in [0.2, 0.25) is 0 Å². The first kappa shape index (κ1) is 11.5. The minimum absolute atomic E-state index is 0.112. The van der Waals surface area contributed by atoms with E-state index in [0.717, 1.165) is 49.2 Å². The van der Waals surface area contributed by atoms with E-state index in [0.29, 0.717) is 0 Å². The van der Waals surface area contributed by atoms with Crippen molar-refractivity contribution in [2.45, 2.75) is 51.4 Å². The average Bonchev–Trinajstić information content (AvgIpc) is 2.84. The Balaban J connectivity index is 2.20. The predicted molar refractivity (Wildman–Crippen MR) is 70.8 cm³/mol. The molecule has 0 bridgehead atoms. The lowest BCUT2D eigenvalue weighted by atomic mass is 9.90. The van der Waals surface area contributed by atoms with Crippen LogP contribution in [-0.4, -0.2) is 11.0 Å². The standard InChI is InChI=1S/C14H19N3O/c1-14(2)7-6-9-11(17-13(15)18)8-4-3-5-10(8)16-12(9)14/h3-7H2,1-2H3,(H3,15,16,17,18). The van der Waals surface area contributed by atoms with Gasteiger partial charge < -0.3 is 11.1 Å². The summed E-state index contributed by atoms with van der Waals surface area (Å²) in [5.74, 6) is 0. The second-order valence-electron chi connectivity index (χ2n) is 5.97. The molecule has 2 aliphatic rings. The Kier molecular flexibility index (Phi) is 2.37. The molecule has 18 heavy (non-hydrogen) atoms. The van der Waals surface area contributed by atoms with Crippen molar-refractivity contribution >= 4 is 11.7 Å². The first-order chi connectivity index (χ1) is 8.49. The maximum absolute atomic E-state index is 11.2. The first-order valence-corrected chi connectivity index (χ1v) is 6.60. The number of nitrogens with zero attached hydrogens (tertiary/aromatic N) is 1. The molecular weight excluding hydrogens is 226 g/mol. The molecule has 0 unspecified atom stereocenters. The van der Waals surface area contributed by atoms with Crippen molar-refractivity contribution in [3.8, 4) is 0 Å². The van der Waals surface area contributed by atoms with Crippen molar-refractivity contribution in [2.24, 2.45) is 5.73 Å². The average molecular weight is 245 g/mol. The molecule has 0 radical (unpaired) electrons. The van der Waals surface area contributed by atoms with Crippen LogP contribution in [0.15, 0.2) is 0 Å². The number of primary amides is 1. The Morgan fingerprint density at radius 3 is 2.78 bits per heavy atom. The summed E-state index contributed by atoms with van der Waals surface area (Å²) in [5, 5.41) is 2.84. The number of aromatic nitrogens is 1. The zero-order valence-corrected chi connectivity index (χ0v) is 11.0. The third-order valence-corrected chi connectivity index (χ3v) is 4.21. The van der Waals surface area contributed by atoms with Crippen LogP contribution >= 0.6 is 0 Å². The van der Waals surface area contributed by atoms with Crippen LogP contribution in [-0.2, 0) is 24.7 Å². The number of nitrogens with one attached hydrogen (secondary N) is 1. The van der Waals surface area contributed by atoms with Gasteiger partial charge in [-0.05, 0) is 43.2 Å². The fraction of sp³-hybridized carbons (Fsp3) is 0.571. The normalized spacial score (nSPS) is 19.4. The highest BCUT2D eigenvalue weighted by Gasteiger charge is 2.36. The van der Waals surface area contributed by atoms with E-state index in [1.807, 2.05) is 0 Å². The molecule has 0 fully saturated rings. The first-order valence-electron chi connectivity index (χ1n) is 6.60. The van der Waals surface area contributed by atoms with Crippen molar-refractivity contribution in [2.75, 3.05) is 5.32 Å². The maximum atomic E-state index is 11.2. The lowest BCUT2D eigenvalue weighted by Gasteiger charge is -2.20. The number of nitrogens with two attached hydrogens (primary N) is 1. The SMILES string of the molecule is CC1(C)CCc2c1nc1c(c2NC(N)=O)CCC1. The number of fused-ring (bicyclic) bond motifs is 2. The summed E-state index contributed by atoms with van der Waals surface area (Å²) in [5.41, 5.74) is 11.1. The highest BCUT2D eigenvalue weighted by Crippen LogP contribution is 2.44. The number of pyridine rings is 1. The molecule has 0 aliphatic heterocycles. The fourth-order valence-corrected chi connectivity index (χ4v) is 3.26. The van der Waals surface area contributed by atoms with E-state index in [2.05, 4.69) is 19.2 Å². The van der Waals surface area contributed by atoms with Gasteiger partial charge in [0.25, 0.3) is 0 Å². The maximum Gasteiger partial charge on any atom is 0.316 e. The Hall–Kier alpha value is -1.58. The van der Waals surface area contributed by atoms with Crippen molar-refractivity contribution in [1.82, 2.24) is 4.98 Å². The molecule has 1 aromatic rings. The predicted octanol–water partition coefficient (Wildman–Crippen LogP) is 2.28. The van der Waals surface area contributed by atoms with Crippen LogP contribution < -0.4 is 11.1 Å². The van der Waals surface area contributed by atoms with E-state index in [4.69, 9.17) is 10.7 Å². The summed E-state index contributed by atoms with van der Waals surface area (Å²) in [6.07, 6.45) is 5.22. The van der Waals surface area contributed by atoms with Gasteiger partial charge in [-0.2, -0.15) is 0 Å². The molecule has 0 aromatic carbocycles. The zero-order valence-electron chi connectivity index (χ0n) is 11.0. The van der Waals surface area contributed by atoms with E-state index in [9.17, 15) is 4.79 Å². The van der Waals surface area contributed by atoms with Crippen LogP contribution in [0.3, 0.4) is 0 Å². The minimum atomic E-state index is -0.470. The molecule has 2 aliphatic carbocycles. The quantitative estimate of drug-likeness (QED) is 0.797. The number of rotatable bonds is 1. The van der Waals surface area contributed by atoms with Crippen LogP contribution in [0.4, 0.5) is 10.5 Å². The largest absolute Gasteiger partial charge is 0.351 e. The van der Waals surface area contributed by atoms with Crippen LogP contribution in [0.25, 0.3) is 0 Å². The second kappa shape index (κ2) is 3.70. The van der Waals surface area contributed by atoms with Crippen LogP contribution in [0, 0.1) is 0 Å². The Bertz CT molecular complexity index is 534. The minimum Gasteiger partial charge on any atom is -0.351 e. The van der Waals surface area contributed by atoms with E-state index >= 15 is 0 Å². The number of anilines is 1. The molecule has 4 heteroatoms. The molecule has 0 saturated carbocycles. The van der Waals surface area contributed by atoms with Crippen LogP contribution in [0.1, 0.15) is 49.2 Å². The van der Waals surface area contributed by atoms with Gasteiger partial charge in [0.15, 0.2) is 0 Å². The molecule has 3 rings (SSSR count). The summed E-state index contributed by atoms with van der Waals surface area (Å²) < 4.78 is 0. The third-order valence-electron chi connectivity index (χ3n) is 4.21. The third kappa shape index (κ3) is 1.59. The molecular formula is C14H19N3O. The number of urea groups is 1. The molecule has 0 atom stereocenters. The molecule has 2 amide bonds. The number of hydrogen-bond donors (Lipinski definition) is 2. The van der Waals surface area contributed by atoms with E-state index in [1.54, 1.807) is 0 Å². The van der Waals surface area contributed by atoms with Gasteiger partial charge in [-0.3, -0.25) is 4.98 Å². The topological polar surface area (TPSA) is 68.0 Å². The van der Waals surface area contributed by atoms with Crippen molar-refractivity contribution in [1.29, 1.82) is 0 Å². The summed E-state index contributed by atoms with van der Waals surface area (Å²) in [4.78, 5) is 16.1. The molecule has 96 valence electrons. The lowest BCUT2D eigenvalue weighted by molar-refractivity contribution is 0.259. The number of amides is 2. The Morgan fingerprint density at radius 1 is 1.28 bits per heavy atom. The van der Waals surface area contributed by atoms with Gasteiger partial charge >= 0.3 is 6.03 Å². The van der Waals surface area contributed by atoms with Gasteiger partial charge in [0, 0.05) is 11.1 Å². The van der Waals surface area contributed by atoms with Gasteiger partial charge in [-0.15, -0.1) is 0 Å². The molecule has 1 aromatic heterocycles. The highest BCUT2D eigenvalue weighted by molar-refractivity contribution is 5.90. The monoisotopic (exact) mass is 245 g/mol. The smallest absolute Gasteiger partial charge is 0.316 e. The second-order valence-corrected chi connectivity index (χ2v) is 5.97. The van der Waals surface area contributed by atoms with Gasteiger partial charge in [0.05, 0.1) is 11.4 Å². The van der Waals surface area contributed by atoms with Crippen molar-refractivity contribution in [3.63, 3.8) is 0 Å². The van der Waals surface area contributed by atoms with Crippen LogP contribution in [0.5, 0.6) is 0 Å². The Labute approximate surface area is 107 Å². The molecule has 1 heterocycles. The fourth-order valence-electron chi connectivity index (χ4n) is 3.26.